The van der Waals surface area contributed by atoms with Crippen molar-refractivity contribution in [1.29, 1.82) is 0 Å². The number of ether oxygens (including phenoxy) is 2. The summed E-state index contributed by atoms with van der Waals surface area (Å²) in [6.45, 7) is 7.47. The van der Waals surface area contributed by atoms with Crippen LogP contribution in [0.5, 0.6) is 5.75 Å². The highest BCUT2D eigenvalue weighted by Crippen LogP contribution is 2.25. The molecule has 1 aromatic rings. The van der Waals surface area contributed by atoms with Crippen molar-refractivity contribution in [3.05, 3.63) is 29.6 Å². The van der Waals surface area contributed by atoms with Crippen molar-refractivity contribution in [3.63, 3.8) is 0 Å². The van der Waals surface area contributed by atoms with Crippen molar-refractivity contribution in [3.8, 4) is 5.75 Å². The second-order valence-electron chi connectivity index (χ2n) is 5.00. The second-order valence-corrected chi connectivity index (χ2v) is 5.00. The first kappa shape index (κ1) is 15.9. The van der Waals surface area contributed by atoms with Crippen LogP contribution in [0.3, 0.4) is 0 Å². The molecular formula is C15H23FO3. The standard InChI is InChI=1S/C15H23FO3/c1-11(2)6-7-18-8-9-19-15-5-4-13(16)10-14(15)12(3)17/h4-5,10-12,17H,6-9H2,1-3H3/t12-/m0/s1. The molecule has 1 aromatic carbocycles. The van der Waals surface area contributed by atoms with Crippen molar-refractivity contribution in [1.82, 2.24) is 0 Å². The van der Waals surface area contributed by atoms with Gasteiger partial charge >= 0.3 is 0 Å². The second kappa shape index (κ2) is 8.12. The van der Waals surface area contributed by atoms with Crippen LogP contribution < -0.4 is 4.74 Å². The van der Waals surface area contributed by atoms with E-state index >= 15 is 0 Å². The van der Waals surface area contributed by atoms with E-state index in [1.165, 1.54) is 18.2 Å². The van der Waals surface area contributed by atoms with Gasteiger partial charge in [-0.05, 0) is 37.5 Å². The summed E-state index contributed by atoms with van der Waals surface area (Å²) in [6, 6.07) is 4.14. The number of aliphatic hydroxyl groups excluding tert-OH is 1. The smallest absolute Gasteiger partial charge is 0.125 e. The number of halogens is 1. The van der Waals surface area contributed by atoms with Crippen LogP contribution in [-0.4, -0.2) is 24.9 Å². The summed E-state index contributed by atoms with van der Waals surface area (Å²) in [5.74, 6) is 0.750. The van der Waals surface area contributed by atoms with Gasteiger partial charge in [0.05, 0.1) is 12.7 Å². The fourth-order valence-electron chi connectivity index (χ4n) is 1.61. The predicted octanol–water partition coefficient (Wildman–Crippen LogP) is 3.32. The summed E-state index contributed by atoms with van der Waals surface area (Å²) in [6.07, 6.45) is 0.266. The van der Waals surface area contributed by atoms with E-state index in [2.05, 4.69) is 13.8 Å². The van der Waals surface area contributed by atoms with Crippen molar-refractivity contribution in [2.24, 2.45) is 5.92 Å². The molecular weight excluding hydrogens is 247 g/mol. The summed E-state index contributed by atoms with van der Waals surface area (Å²) >= 11 is 0. The van der Waals surface area contributed by atoms with Gasteiger partial charge in [-0.1, -0.05) is 13.8 Å². The van der Waals surface area contributed by atoms with Gasteiger partial charge in [-0.15, -0.1) is 0 Å². The number of hydrogen-bond donors (Lipinski definition) is 1. The maximum Gasteiger partial charge on any atom is 0.125 e. The van der Waals surface area contributed by atoms with Gasteiger partial charge in [0.2, 0.25) is 0 Å². The summed E-state index contributed by atoms with van der Waals surface area (Å²) < 4.78 is 24.0. The first-order valence-corrected chi connectivity index (χ1v) is 6.68. The number of benzene rings is 1. The van der Waals surface area contributed by atoms with Gasteiger partial charge in [0, 0.05) is 12.2 Å². The first-order chi connectivity index (χ1) is 9.00. The zero-order chi connectivity index (χ0) is 14.3. The third-order valence-corrected chi connectivity index (χ3v) is 2.75. The Morgan fingerprint density at radius 2 is 1.89 bits per heavy atom. The minimum absolute atomic E-state index is 0.378. The maximum absolute atomic E-state index is 13.1. The molecule has 3 nitrogen and oxygen atoms in total. The molecule has 0 saturated carbocycles. The molecule has 1 rings (SSSR count). The average molecular weight is 270 g/mol. The van der Waals surface area contributed by atoms with Crippen molar-refractivity contribution < 1.29 is 19.0 Å². The Kier molecular flexibility index (Phi) is 6.81. The molecule has 0 spiro atoms. The molecule has 108 valence electrons. The largest absolute Gasteiger partial charge is 0.491 e. The Morgan fingerprint density at radius 3 is 2.53 bits per heavy atom. The third kappa shape index (κ3) is 6.03. The van der Waals surface area contributed by atoms with Crippen LogP contribution in [0, 0.1) is 11.7 Å². The van der Waals surface area contributed by atoms with E-state index in [1.807, 2.05) is 0 Å². The Bertz CT molecular complexity index is 378. The van der Waals surface area contributed by atoms with Crippen molar-refractivity contribution in [2.45, 2.75) is 33.3 Å². The quantitative estimate of drug-likeness (QED) is 0.736. The minimum atomic E-state index is -0.757. The lowest BCUT2D eigenvalue weighted by Gasteiger charge is -2.14. The molecule has 1 atom stereocenters. The molecule has 0 aliphatic heterocycles. The monoisotopic (exact) mass is 270 g/mol. The van der Waals surface area contributed by atoms with Crippen LogP contribution in [0.4, 0.5) is 4.39 Å². The lowest BCUT2D eigenvalue weighted by Crippen LogP contribution is -2.10. The van der Waals surface area contributed by atoms with E-state index in [-0.39, 0.29) is 5.82 Å². The zero-order valence-corrected chi connectivity index (χ0v) is 11.9. The van der Waals surface area contributed by atoms with Crippen molar-refractivity contribution >= 4 is 0 Å². The summed E-state index contributed by atoms with van der Waals surface area (Å²) in [4.78, 5) is 0. The molecule has 0 bridgehead atoms. The average Bonchev–Trinajstić information content (AvgIpc) is 2.34. The Hall–Kier alpha value is -1.13. The summed E-state index contributed by atoms with van der Waals surface area (Å²) in [5, 5.41) is 9.55. The van der Waals surface area contributed by atoms with Crippen LogP contribution in [0.1, 0.15) is 38.9 Å². The summed E-state index contributed by atoms with van der Waals surface area (Å²) in [5.41, 5.74) is 0.460. The molecule has 0 amide bonds. The first-order valence-electron chi connectivity index (χ1n) is 6.68. The van der Waals surface area contributed by atoms with E-state index < -0.39 is 6.10 Å². The molecule has 1 N–H and O–H groups in total. The van der Waals surface area contributed by atoms with Crippen LogP contribution in [0.15, 0.2) is 18.2 Å². The highest BCUT2D eigenvalue weighted by atomic mass is 19.1. The van der Waals surface area contributed by atoms with E-state index in [1.54, 1.807) is 6.92 Å². The Balaban J connectivity index is 2.37. The lowest BCUT2D eigenvalue weighted by molar-refractivity contribution is 0.0909. The number of aliphatic hydroxyl groups is 1. The van der Waals surface area contributed by atoms with Gasteiger partial charge in [-0.2, -0.15) is 0 Å². The molecule has 19 heavy (non-hydrogen) atoms. The van der Waals surface area contributed by atoms with Gasteiger partial charge in [0.15, 0.2) is 0 Å². The Labute approximate surface area is 114 Å². The SMILES string of the molecule is CC(C)CCOCCOc1ccc(F)cc1[C@H](C)O. The number of rotatable bonds is 8. The molecule has 0 unspecified atom stereocenters. The molecule has 4 heteroatoms. The van der Waals surface area contributed by atoms with E-state index in [9.17, 15) is 9.50 Å². The van der Waals surface area contributed by atoms with Gasteiger partial charge in [-0.25, -0.2) is 4.39 Å². The van der Waals surface area contributed by atoms with Gasteiger partial charge in [-0.3, -0.25) is 0 Å². The van der Waals surface area contributed by atoms with E-state index in [0.717, 1.165) is 6.42 Å². The highest BCUT2D eigenvalue weighted by Gasteiger charge is 2.10. The zero-order valence-electron chi connectivity index (χ0n) is 11.9. The predicted molar refractivity (Wildman–Crippen MR) is 72.8 cm³/mol. The number of hydrogen-bond acceptors (Lipinski definition) is 3. The van der Waals surface area contributed by atoms with Crippen LogP contribution in [0.2, 0.25) is 0 Å². The van der Waals surface area contributed by atoms with Crippen molar-refractivity contribution in [2.75, 3.05) is 19.8 Å². The molecule has 0 radical (unpaired) electrons. The maximum atomic E-state index is 13.1. The van der Waals surface area contributed by atoms with Crippen LogP contribution in [-0.2, 0) is 4.74 Å². The third-order valence-electron chi connectivity index (χ3n) is 2.75. The molecule has 0 fully saturated rings. The molecule has 0 heterocycles. The van der Waals surface area contributed by atoms with Gasteiger partial charge in [0.1, 0.15) is 18.2 Å². The molecule has 0 aliphatic carbocycles. The van der Waals surface area contributed by atoms with Gasteiger partial charge < -0.3 is 14.6 Å². The van der Waals surface area contributed by atoms with Gasteiger partial charge in [0.25, 0.3) is 0 Å². The fraction of sp³-hybridized carbons (Fsp3) is 0.600. The Morgan fingerprint density at radius 1 is 1.16 bits per heavy atom. The van der Waals surface area contributed by atoms with E-state index in [4.69, 9.17) is 9.47 Å². The van der Waals surface area contributed by atoms with Crippen LogP contribution in [0.25, 0.3) is 0 Å². The topological polar surface area (TPSA) is 38.7 Å². The lowest BCUT2D eigenvalue weighted by atomic mass is 10.1. The molecule has 0 saturated heterocycles. The normalized spacial score (nSPS) is 12.7. The fourth-order valence-corrected chi connectivity index (χ4v) is 1.61. The molecule has 0 aliphatic rings. The van der Waals surface area contributed by atoms with Crippen LogP contribution >= 0.6 is 0 Å². The minimum Gasteiger partial charge on any atom is -0.491 e. The molecule has 0 aromatic heterocycles. The highest BCUT2D eigenvalue weighted by molar-refractivity contribution is 5.35. The summed E-state index contributed by atoms with van der Waals surface area (Å²) in [7, 11) is 0. The van der Waals surface area contributed by atoms with E-state index in [0.29, 0.717) is 37.1 Å².